The molecule has 0 heterocycles. The summed E-state index contributed by atoms with van der Waals surface area (Å²) in [5.41, 5.74) is 7.98. The van der Waals surface area contributed by atoms with Gasteiger partial charge in [0.1, 0.15) is 0 Å². The average Bonchev–Trinajstić information content (AvgIpc) is 2.17. The van der Waals surface area contributed by atoms with Crippen molar-refractivity contribution >= 4 is 5.69 Å². The molecule has 0 amide bonds. The summed E-state index contributed by atoms with van der Waals surface area (Å²) in [4.78, 5) is 10.1. The van der Waals surface area contributed by atoms with E-state index in [9.17, 15) is 10.1 Å². The number of aryl methyl sites for hydroxylation is 1. The lowest BCUT2D eigenvalue weighted by Crippen LogP contribution is -2.11. The molecule has 4 nitrogen and oxygen atoms in total. The van der Waals surface area contributed by atoms with Crippen LogP contribution < -0.4 is 5.73 Å². The quantitative estimate of drug-likeness (QED) is 0.611. The Morgan fingerprint density at radius 1 is 1.53 bits per heavy atom. The van der Waals surface area contributed by atoms with Gasteiger partial charge in [-0.1, -0.05) is 19.4 Å². The molecule has 1 atom stereocenters. The summed E-state index contributed by atoms with van der Waals surface area (Å²) in [6.07, 6.45) is 1.91. The van der Waals surface area contributed by atoms with Crippen molar-refractivity contribution in [2.75, 3.05) is 0 Å². The topological polar surface area (TPSA) is 69.2 Å². The smallest absolute Gasteiger partial charge is 0.269 e. The van der Waals surface area contributed by atoms with Gasteiger partial charge >= 0.3 is 0 Å². The second-order valence-electron chi connectivity index (χ2n) is 3.69. The second kappa shape index (κ2) is 4.89. The number of hydrogen-bond donors (Lipinski definition) is 1. The third-order valence-electron chi connectivity index (χ3n) is 2.46. The highest BCUT2D eigenvalue weighted by molar-refractivity contribution is 5.40. The van der Waals surface area contributed by atoms with Gasteiger partial charge in [-0.2, -0.15) is 0 Å². The summed E-state index contributed by atoms with van der Waals surface area (Å²) < 4.78 is 0. The van der Waals surface area contributed by atoms with Crippen molar-refractivity contribution in [2.24, 2.45) is 5.73 Å². The molecule has 4 heteroatoms. The molecule has 1 rings (SSSR count). The molecule has 0 aliphatic carbocycles. The van der Waals surface area contributed by atoms with E-state index in [1.807, 2.05) is 6.92 Å². The molecule has 0 bridgehead atoms. The van der Waals surface area contributed by atoms with Crippen molar-refractivity contribution in [1.29, 1.82) is 0 Å². The van der Waals surface area contributed by atoms with Crippen molar-refractivity contribution < 1.29 is 4.92 Å². The summed E-state index contributed by atoms with van der Waals surface area (Å²) in [7, 11) is 0. The fourth-order valence-corrected chi connectivity index (χ4v) is 1.66. The molecule has 1 aromatic carbocycles. The average molecular weight is 208 g/mol. The molecule has 0 radical (unpaired) electrons. The van der Waals surface area contributed by atoms with Crippen molar-refractivity contribution in [1.82, 2.24) is 0 Å². The van der Waals surface area contributed by atoms with Crippen LogP contribution >= 0.6 is 0 Å². The minimum Gasteiger partial charge on any atom is -0.324 e. The number of rotatable bonds is 4. The van der Waals surface area contributed by atoms with Gasteiger partial charge in [0.15, 0.2) is 0 Å². The fraction of sp³-hybridized carbons (Fsp3) is 0.455. The molecular weight excluding hydrogens is 192 g/mol. The Balaban J connectivity index is 2.97. The highest BCUT2D eigenvalue weighted by Gasteiger charge is 2.12. The zero-order chi connectivity index (χ0) is 11.4. The van der Waals surface area contributed by atoms with Gasteiger partial charge in [0.05, 0.1) is 4.92 Å². The van der Waals surface area contributed by atoms with Gasteiger partial charge in [-0.15, -0.1) is 0 Å². The molecular formula is C11H16N2O2. The second-order valence-corrected chi connectivity index (χ2v) is 3.69. The summed E-state index contributed by atoms with van der Waals surface area (Å²) in [5.74, 6) is 0. The zero-order valence-electron chi connectivity index (χ0n) is 9.06. The molecule has 0 aromatic heterocycles. The van der Waals surface area contributed by atoms with E-state index in [2.05, 4.69) is 6.92 Å². The lowest BCUT2D eigenvalue weighted by atomic mass is 9.98. The SMILES string of the molecule is CCC[C@@H](N)c1ccc([N+](=O)[O-])cc1C. The first-order valence-corrected chi connectivity index (χ1v) is 5.06. The van der Waals surface area contributed by atoms with E-state index in [0.29, 0.717) is 0 Å². The van der Waals surface area contributed by atoms with Crippen LogP contribution in [-0.2, 0) is 0 Å². The third kappa shape index (κ3) is 2.76. The number of nitrogens with two attached hydrogens (primary N) is 1. The molecule has 82 valence electrons. The minimum atomic E-state index is -0.387. The lowest BCUT2D eigenvalue weighted by Gasteiger charge is -2.13. The van der Waals surface area contributed by atoms with Gasteiger partial charge in [-0.3, -0.25) is 10.1 Å². The van der Waals surface area contributed by atoms with Crippen LogP contribution in [0.15, 0.2) is 18.2 Å². The van der Waals surface area contributed by atoms with E-state index in [1.165, 1.54) is 6.07 Å². The number of nitro benzene ring substituents is 1. The van der Waals surface area contributed by atoms with E-state index in [-0.39, 0.29) is 16.7 Å². The first-order chi connectivity index (χ1) is 7.06. The largest absolute Gasteiger partial charge is 0.324 e. The van der Waals surface area contributed by atoms with Crippen molar-refractivity contribution in [2.45, 2.75) is 32.7 Å². The first kappa shape index (κ1) is 11.7. The van der Waals surface area contributed by atoms with E-state index >= 15 is 0 Å². The molecule has 0 unspecified atom stereocenters. The van der Waals surface area contributed by atoms with Crippen LogP contribution in [0.2, 0.25) is 0 Å². The van der Waals surface area contributed by atoms with E-state index in [0.717, 1.165) is 24.0 Å². The number of hydrogen-bond acceptors (Lipinski definition) is 3. The van der Waals surface area contributed by atoms with E-state index in [4.69, 9.17) is 5.73 Å². The van der Waals surface area contributed by atoms with E-state index in [1.54, 1.807) is 12.1 Å². The monoisotopic (exact) mass is 208 g/mol. The Labute approximate surface area is 89.2 Å². The van der Waals surface area contributed by atoms with Gasteiger partial charge in [-0.05, 0) is 24.5 Å². The van der Waals surface area contributed by atoms with Gasteiger partial charge in [0.2, 0.25) is 0 Å². The predicted octanol–water partition coefficient (Wildman–Crippen LogP) is 2.70. The Bertz CT molecular complexity index is 364. The molecule has 1 aromatic rings. The van der Waals surface area contributed by atoms with Crippen LogP contribution in [-0.4, -0.2) is 4.92 Å². The van der Waals surface area contributed by atoms with Crippen molar-refractivity contribution in [3.8, 4) is 0 Å². The maximum absolute atomic E-state index is 10.5. The summed E-state index contributed by atoms with van der Waals surface area (Å²) in [6.45, 7) is 3.93. The van der Waals surface area contributed by atoms with Crippen molar-refractivity contribution in [3.63, 3.8) is 0 Å². The minimum absolute atomic E-state index is 0.0178. The lowest BCUT2D eigenvalue weighted by molar-refractivity contribution is -0.384. The van der Waals surface area contributed by atoms with Crippen LogP contribution in [0, 0.1) is 17.0 Å². The normalized spacial score (nSPS) is 12.5. The number of nitrogens with zero attached hydrogens (tertiary/aromatic N) is 1. The Morgan fingerprint density at radius 3 is 2.67 bits per heavy atom. The molecule has 0 saturated carbocycles. The maximum atomic E-state index is 10.5. The van der Waals surface area contributed by atoms with Crippen LogP contribution in [0.25, 0.3) is 0 Å². The van der Waals surface area contributed by atoms with Crippen LogP contribution in [0.1, 0.15) is 36.9 Å². The molecule has 2 N–H and O–H groups in total. The highest BCUT2D eigenvalue weighted by atomic mass is 16.6. The zero-order valence-corrected chi connectivity index (χ0v) is 9.06. The van der Waals surface area contributed by atoms with E-state index < -0.39 is 0 Å². The molecule has 0 aliphatic heterocycles. The predicted molar refractivity (Wildman–Crippen MR) is 59.7 cm³/mol. The summed E-state index contributed by atoms with van der Waals surface area (Å²) in [5, 5.41) is 10.5. The third-order valence-corrected chi connectivity index (χ3v) is 2.46. The Morgan fingerprint density at radius 2 is 2.20 bits per heavy atom. The number of nitro groups is 1. The maximum Gasteiger partial charge on any atom is 0.269 e. The highest BCUT2D eigenvalue weighted by Crippen LogP contribution is 2.23. The van der Waals surface area contributed by atoms with Crippen LogP contribution in [0.5, 0.6) is 0 Å². The van der Waals surface area contributed by atoms with Gasteiger partial charge < -0.3 is 5.73 Å². The molecule has 0 spiro atoms. The number of non-ortho nitro benzene ring substituents is 1. The summed E-state index contributed by atoms with van der Waals surface area (Å²) >= 11 is 0. The Kier molecular flexibility index (Phi) is 3.80. The fourth-order valence-electron chi connectivity index (χ4n) is 1.66. The van der Waals surface area contributed by atoms with Gasteiger partial charge in [0, 0.05) is 18.2 Å². The van der Waals surface area contributed by atoms with Crippen LogP contribution in [0.3, 0.4) is 0 Å². The van der Waals surface area contributed by atoms with Crippen molar-refractivity contribution in [3.05, 3.63) is 39.4 Å². The van der Waals surface area contributed by atoms with Gasteiger partial charge in [-0.25, -0.2) is 0 Å². The Hall–Kier alpha value is -1.42. The summed E-state index contributed by atoms with van der Waals surface area (Å²) in [6, 6.07) is 4.83. The van der Waals surface area contributed by atoms with Gasteiger partial charge in [0.25, 0.3) is 5.69 Å². The standard InChI is InChI=1S/C11H16N2O2/c1-3-4-11(12)10-6-5-9(13(14)15)7-8(10)2/h5-7,11H,3-4,12H2,1-2H3/t11-/m1/s1. The molecule has 0 aliphatic rings. The molecule has 0 saturated heterocycles. The first-order valence-electron chi connectivity index (χ1n) is 5.06. The molecule has 0 fully saturated rings. The molecule has 15 heavy (non-hydrogen) atoms. The van der Waals surface area contributed by atoms with Crippen LogP contribution in [0.4, 0.5) is 5.69 Å². The number of benzene rings is 1.